The molecule has 4 heteroatoms. The fourth-order valence-corrected chi connectivity index (χ4v) is 0.501. The van der Waals surface area contributed by atoms with Crippen LogP contribution in [0.1, 0.15) is 19.8 Å². The van der Waals surface area contributed by atoms with Crippen LogP contribution in [0, 0.1) is 0 Å². The largest absolute Gasteiger partial charge is 0.370 e. The topological polar surface area (TPSA) is 86.2 Å². The molecular weight excluding hydrogens is 132 g/mol. The van der Waals surface area contributed by atoms with Crippen LogP contribution < -0.4 is 11.5 Å². The molecule has 0 bridgehead atoms. The maximum Gasteiger partial charge on any atom is 0.217 e. The zero-order valence-corrected chi connectivity index (χ0v) is 5.96. The van der Waals surface area contributed by atoms with Gasteiger partial charge in [0.15, 0.2) is 0 Å². The second kappa shape index (κ2) is 4.00. The number of carbonyl (C=O) groups excluding carboxylic acids is 2. The summed E-state index contributed by atoms with van der Waals surface area (Å²) in [7, 11) is 0. The molecule has 1 amide bonds. The van der Waals surface area contributed by atoms with Gasteiger partial charge in [0, 0.05) is 6.42 Å². The minimum atomic E-state index is -0.535. The molecule has 0 aliphatic rings. The molecule has 0 aliphatic heterocycles. The Morgan fingerprint density at radius 1 is 1.50 bits per heavy atom. The minimum Gasteiger partial charge on any atom is -0.370 e. The Morgan fingerprint density at radius 2 is 2.00 bits per heavy atom. The molecule has 0 aromatic rings. The summed E-state index contributed by atoms with van der Waals surface area (Å²) in [6, 6.07) is -0.535. The second-order valence-corrected chi connectivity index (χ2v) is 2.22. The SMILES string of the molecule is CC(=O)[C@H](N)CCC(N)=O. The first-order valence-electron chi connectivity index (χ1n) is 3.08. The van der Waals surface area contributed by atoms with Crippen LogP contribution >= 0.6 is 0 Å². The molecule has 4 nitrogen and oxygen atoms in total. The third-order valence-corrected chi connectivity index (χ3v) is 1.22. The van der Waals surface area contributed by atoms with Gasteiger partial charge < -0.3 is 11.5 Å². The average Bonchev–Trinajstić information content (AvgIpc) is 1.82. The lowest BCUT2D eigenvalue weighted by Gasteiger charge is -2.03. The van der Waals surface area contributed by atoms with E-state index in [-0.39, 0.29) is 12.2 Å². The highest BCUT2D eigenvalue weighted by Crippen LogP contribution is 1.93. The molecule has 0 heterocycles. The van der Waals surface area contributed by atoms with Crippen molar-refractivity contribution in [2.45, 2.75) is 25.8 Å². The van der Waals surface area contributed by atoms with E-state index in [2.05, 4.69) is 0 Å². The monoisotopic (exact) mass is 144 g/mol. The van der Waals surface area contributed by atoms with Crippen molar-refractivity contribution in [2.24, 2.45) is 11.5 Å². The van der Waals surface area contributed by atoms with Gasteiger partial charge in [-0.15, -0.1) is 0 Å². The van der Waals surface area contributed by atoms with E-state index in [1.54, 1.807) is 0 Å². The Morgan fingerprint density at radius 3 is 2.30 bits per heavy atom. The molecule has 4 N–H and O–H groups in total. The van der Waals surface area contributed by atoms with Gasteiger partial charge in [0.25, 0.3) is 0 Å². The van der Waals surface area contributed by atoms with Gasteiger partial charge in [0.1, 0.15) is 5.78 Å². The van der Waals surface area contributed by atoms with Crippen molar-refractivity contribution >= 4 is 11.7 Å². The fourth-order valence-electron chi connectivity index (χ4n) is 0.501. The number of Topliss-reactive ketones (excluding diaryl/α,β-unsaturated/α-hetero) is 1. The molecule has 0 saturated carbocycles. The van der Waals surface area contributed by atoms with Crippen LogP contribution in [-0.2, 0) is 9.59 Å². The van der Waals surface area contributed by atoms with Gasteiger partial charge in [0.2, 0.25) is 5.91 Å². The highest BCUT2D eigenvalue weighted by Gasteiger charge is 2.08. The molecule has 0 radical (unpaired) electrons. The number of carbonyl (C=O) groups is 2. The van der Waals surface area contributed by atoms with E-state index in [1.807, 2.05) is 0 Å². The summed E-state index contributed by atoms with van der Waals surface area (Å²) >= 11 is 0. The van der Waals surface area contributed by atoms with E-state index >= 15 is 0 Å². The highest BCUT2D eigenvalue weighted by atomic mass is 16.1. The van der Waals surface area contributed by atoms with Crippen LogP contribution in [0.15, 0.2) is 0 Å². The number of hydrogen-bond donors (Lipinski definition) is 2. The zero-order valence-electron chi connectivity index (χ0n) is 5.96. The van der Waals surface area contributed by atoms with Crippen molar-refractivity contribution in [3.63, 3.8) is 0 Å². The highest BCUT2D eigenvalue weighted by molar-refractivity contribution is 5.82. The third-order valence-electron chi connectivity index (χ3n) is 1.22. The summed E-state index contributed by atoms with van der Waals surface area (Å²) in [6.45, 7) is 1.39. The summed E-state index contributed by atoms with van der Waals surface area (Å²) in [6.07, 6.45) is 0.533. The van der Waals surface area contributed by atoms with Gasteiger partial charge in [-0.05, 0) is 13.3 Å². The molecule has 0 spiro atoms. The van der Waals surface area contributed by atoms with Crippen LogP contribution in [0.25, 0.3) is 0 Å². The number of primary amides is 1. The third kappa shape index (κ3) is 4.03. The van der Waals surface area contributed by atoms with Gasteiger partial charge in [-0.2, -0.15) is 0 Å². The molecule has 0 aliphatic carbocycles. The minimum absolute atomic E-state index is 0.110. The van der Waals surface area contributed by atoms with Crippen LogP contribution in [0.2, 0.25) is 0 Å². The van der Waals surface area contributed by atoms with Gasteiger partial charge in [-0.3, -0.25) is 9.59 Å². The maximum atomic E-state index is 10.5. The molecule has 0 fully saturated rings. The van der Waals surface area contributed by atoms with Crippen LogP contribution in [0.5, 0.6) is 0 Å². The van der Waals surface area contributed by atoms with Crippen molar-refractivity contribution in [3.05, 3.63) is 0 Å². The Hall–Kier alpha value is -0.900. The summed E-state index contributed by atoms with van der Waals surface area (Å²) in [4.78, 5) is 20.7. The van der Waals surface area contributed by atoms with E-state index in [0.717, 1.165) is 0 Å². The molecule has 0 unspecified atom stereocenters. The smallest absolute Gasteiger partial charge is 0.217 e. The lowest BCUT2D eigenvalue weighted by atomic mass is 10.1. The molecule has 58 valence electrons. The first-order valence-corrected chi connectivity index (χ1v) is 3.08. The van der Waals surface area contributed by atoms with Crippen molar-refractivity contribution in [2.75, 3.05) is 0 Å². The quantitative estimate of drug-likeness (QED) is 0.539. The van der Waals surface area contributed by atoms with Gasteiger partial charge in [0.05, 0.1) is 6.04 Å². The predicted octanol–water partition coefficient (Wildman–Crippen LogP) is -0.832. The predicted molar refractivity (Wildman–Crippen MR) is 37.1 cm³/mol. The summed E-state index contributed by atoms with van der Waals surface area (Å²) < 4.78 is 0. The summed E-state index contributed by atoms with van der Waals surface area (Å²) in [5, 5.41) is 0. The Bertz CT molecular complexity index is 145. The van der Waals surface area contributed by atoms with E-state index in [9.17, 15) is 9.59 Å². The normalized spacial score (nSPS) is 12.6. The van der Waals surface area contributed by atoms with Crippen molar-refractivity contribution in [1.82, 2.24) is 0 Å². The molecular formula is C6H12N2O2. The Kier molecular flexibility index (Phi) is 3.64. The van der Waals surface area contributed by atoms with Gasteiger partial charge >= 0.3 is 0 Å². The van der Waals surface area contributed by atoms with Crippen molar-refractivity contribution in [3.8, 4) is 0 Å². The molecule has 0 aromatic carbocycles. The van der Waals surface area contributed by atoms with Gasteiger partial charge in [-0.25, -0.2) is 0 Å². The first-order chi connectivity index (χ1) is 4.54. The lowest BCUT2D eigenvalue weighted by Crippen LogP contribution is -2.29. The number of rotatable bonds is 4. The number of amides is 1. The molecule has 10 heavy (non-hydrogen) atoms. The number of ketones is 1. The standard InChI is InChI=1S/C6H12N2O2/c1-4(9)5(7)2-3-6(8)10/h5H,2-3,7H2,1H3,(H2,8,10)/t5-/m1/s1. The average molecular weight is 144 g/mol. The molecule has 1 atom stereocenters. The van der Waals surface area contributed by atoms with Crippen LogP contribution in [0.4, 0.5) is 0 Å². The first kappa shape index (κ1) is 9.10. The van der Waals surface area contributed by atoms with Crippen molar-refractivity contribution in [1.29, 1.82) is 0 Å². The van der Waals surface area contributed by atoms with Crippen LogP contribution in [0.3, 0.4) is 0 Å². The lowest BCUT2D eigenvalue weighted by molar-refractivity contribution is -0.119. The van der Waals surface area contributed by atoms with E-state index < -0.39 is 11.9 Å². The molecule has 0 aromatic heterocycles. The zero-order chi connectivity index (χ0) is 8.15. The number of nitrogens with two attached hydrogens (primary N) is 2. The van der Waals surface area contributed by atoms with Gasteiger partial charge in [-0.1, -0.05) is 0 Å². The maximum absolute atomic E-state index is 10.5. The Balaban J connectivity index is 3.49. The second-order valence-electron chi connectivity index (χ2n) is 2.22. The number of hydrogen-bond acceptors (Lipinski definition) is 3. The van der Waals surface area contributed by atoms with E-state index in [0.29, 0.717) is 6.42 Å². The Labute approximate surface area is 59.6 Å². The molecule has 0 rings (SSSR count). The van der Waals surface area contributed by atoms with Crippen LogP contribution in [-0.4, -0.2) is 17.7 Å². The summed E-state index contributed by atoms with van der Waals surface area (Å²) in [5.74, 6) is -0.530. The van der Waals surface area contributed by atoms with Crippen molar-refractivity contribution < 1.29 is 9.59 Å². The molecule has 0 saturated heterocycles. The van der Waals surface area contributed by atoms with E-state index in [1.165, 1.54) is 6.92 Å². The fraction of sp³-hybridized carbons (Fsp3) is 0.667. The van der Waals surface area contributed by atoms with E-state index in [4.69, 9.17) is 11.5 Å². The summed E-state index contributed by atoms with van der Waals surface area (Å²) in [5.41, 5.74) is 10.1.